The van der Waals surface area contributed by atoms with E-state index in [1.165, 1.54) is 46.0 Å². The van der Waals surface area contributed by atoms with Crippen molar-refractivity contribution in [1.82, 2.24) is 19.6 Å². The minimum atomic E-state index is -2.83. The predicted molar refractivity (Wildman–Crippen MR) is 174 cm³/mol. The number of urea groups is 1. The van der Waals surface area contributed by atoms with Gasteiger partial charge in [0.1, 0.15) is 18.8 Å². The normalized spacial score (nSPS) is 18.8. The van der Waals surface area contributed by atoms with Crippen molar-refractivity contribution in [3.05, 3.63) is 77.2 Å². The van der Waals surface area contributed by atoms with E-state index in [0.29, 0.717) is 10.6 Å². The van der Waals surface area contributed by atoms with E-state index >= 15 is 4.39 Å². The zero-order valence-corrected chi connectivity index (χ0v) is 26.5. The fourth-order valence-electron chi connectivity index (χ4n) is 6.06. The maximum atomic E-state index is 15.5. The lowest BCUT2D eigenvalue weighted by atomic mass is 10.0. The molecule has 16 heteroatoms. The molecule has 0 radical (unpaired) electrons. The van der Waals surface area contributed by atoms with Crippen molar-refractivity contribution in [3.63, 3.8) is 0 Å². The van der Waals surface area contributed by atoms with Gasteiger partial charge in [-0.2, -0.15) is 5.10 Å². The van der Waals surface area contributed by atoms with E-state index in [4.69, 9.17) is 17.3 Å². The van der Waals surface area contributed by atoms with Crippen molar-refractivity contribution in [2.45, 2.75) is 43.9 Å². The molecule has 2 fully saturated rings. The maximum absolute atomic E-state index is 15.5. The molecular formula is C33H30ClF4N7O4. The molecule has 4 N–H and O–H groups in total. The Morgan fingerprint density at radius 1 is 0.980 bits per heavy atom. The van der Waals surface area contributed by atoms with Gasteiger partial charge in [-0.1, -0.05) is 41.9 Å². The fraction of sp³-hybridized carbons (Fsp3) is 0.303. The number of carbonyl (C=O) groups is 4. The highest BCUT2D eigenvalue weighted by atomic mass is 35.5. The van der Waals surface area contributed by atoms with E-state index in [1.54, 1.807) is 24.3 Å². The summed E-state index contributed by atoms with van der Waals surface area (Å²) in [7, 11) is 0. The molecule has 3 aromatic carbocycles. The lowest BCUT2D eigenvalue weighted by Gasteiger charge is -2.31. The molecule has 2 saturated heterocycles. The summed E-state index contributed by atoms with van der Waals surface area (Å²) < 4.78 is 58.4. The molecule has 2 aliphatic heterocycles. The number of halogens is 5. The summed E-state index contributed by atoms with van der Waals surface area (Å²) in [5, 5.41) is 9.75. The summed E-state index contributed by atoms with van der Waals surface area (Å²) in [4.78, 5) is 54.1. The summed E-state index contributed by atoms with van der Waals surface area (Å²) in [5.74, 6) is -6.02. The molecule has 3 heterocycles. The van der Waals surface area contributed by atoms with Gasteiger partial charge in [0.25, 0.3) is 11.8 Å². The van der Waals surface area contributed by atoms with Crippen molar-refractivity contribution in [1.29, 1.82) is 0 Å². The summed E-state index contributed by atoms with van der Waals surface area (Å²) in [6.07, 6.45) is -2.77. The van der Waals surface area contributed by atoms with Gasteiger partial charge in [0.2, 0.25) is 11.8 Å². The number of rotatable bonds is 7. The fourth-order valence-corrected chi connectivity index (χ4v) is 6.30. The lowest BCUT2D eigenvalue weighted by Crippen LogP contribution is -2.44. The van der Waals surface area contributed by atoms with Gasteiger partial charge in [-0.3, -0.25) is 19.1 Å². The predicted octanol–water partition coefficient (Wildman–Crippen LogP) is 5.44. The smallest absolute Gasteiger partial charge is 0.321 e. The number of primary amides is 1. The van der Waals surface area contributed by atoms with E-state index in [9.17, 15) is 32.3 Å². The van der Waals surface area contributed by atoms with Gasteiger partial charge in [0, 0.05) is 59.6 Å². The average Bonchev–Trinajstić information content (AvgIpc) is 3.63. The number of anilines is 2. The van der Waals surface area contributed by atoms with Crippen LogP contribution in [0.15, 0.2) is 60.7 Å². The molecule has 11 nitrogen and oxygen atoms in total. The topological polar surface area (TPSA) is 143 Å². The number of carbonyl (C=O) groups excluding carboxylic acids is 4. The summed E-state index contributed by atoms with van der Waals surface area (Å²) in [5.41, 5.74) is 6.19. The molecule has 6 rings (SSSR count). The SMILES string of the molecule is NC(=O)c1nn(CC(=O)N2C[C@H](F)C[C@H]2C(=O)Nc2cccc(-c3ccccc3Cl)c2F)c2ccc(NC(=O)N3CCC(F)(F)CC3)cc12. The van der Waals surface area contributed by atoms with E-state index in [-0.39, 0.29) is 53.0 Å². The molecule has 2 aliphatic rings. The third kappa shape index (κ3) is 7.02. The highest BCUT2D eigenvalue weighted by Crippen LogP contribution is 2.34. The van der Waals surface area contributed by atoms with Crippen LogP contribution in [0.4, 0.5) is 33.7 Å². The van der Waals surface area contributed by atoms with Crippen LogP contribution in [-0.4, -0.2) is 81.1 Å². The van der Waals surface area contributed by atoms with Crippen LogP contribution in [0.5, 0.6) is 0 Å². The number of nitrogens with two attached hydrogens (primary N) is 1. The first kappa shape index (κ1) is 33.7. The van der Waals surface area contributed by atoms with Crippen LogP contribution in [0.25, 0.3) is 22.0 Å². The standard InChI is InChI=1S/C33H30ClF4N7O4/c34-23-6-2-1-4-20(23)21-5-3-7-24(28(21)36)41-31(48)26-14-18(35)16-44(26)27(46)17-45-25-9-8-19(15-22(25)29(42-45)30(39)47)40-32(49)43-12-10-33(37,38)11-13-43/h1-9,15,18,26H,10-14,16-17H2,(H2,39,47)(H,40,49)(H,41,48)/t18-,26+/m1/s1. The number of hydrogen-bond acceptors (Lipinski definition) is 5. The minimum Gasteiger partial charge on any atom is -0.364 e. The lowest BCUT2D eigenvalue weighted by molar-refractivity contribution is -0.137. The number of likely N-dealkylation sites (tertiary alicyclic amines) is 2. The largest absolute Gasteiger partial charge is 0.364 e. The van der Waals surface area contributed by atoms with Gasteiger partial charge < -0.3 is 26.2 Å². The third-order valence-electron chi connectivity index (χ3n) is 8.60. The van der Waals surface area contributed by atoms with Gasteiger partial charge in [-0.15, -0.1) is 0 Å². The first-order valence-corrected chi connectivity index (χ1v) is 15.7. The molecule has 0 spiro atoms. The molecule has 0 unspecified atom stereocenters. The van der Waals surface area contributed by atoms with Crippen LogP contribution in [0.3, 0.4) is 0 Å². The van der Waals surface area contributed by atoms with E-state index in [0.717, 1.165) is 4.90 Å². The molecule has 4 aromatic rings. The molecular weight excluding hydrogens is 670 g/mol. The second kappa shape index (κ2) is 13.4. The summed E-state index contributed by atoms with van der Waals surface area (Å²) >= 11 is 6.24. The van der Waals surface area contributed by atoms with Gasteiger partial charge in [-0.05, 0) is 30.3 Å². The number of hydrogen-bond donors (Lipinski definition) is 3. The molecule has 1 aromatic heterocycles. The number of nitrogens with zero attached hydrogens (tertiary/aromatic N) is 4. The van der Waals surface area contributed by atoms with Crippen molar-refractivity contribution >= 4 is 57.6 Å². The van der Waals surface area contributed by atoms with Gasteiger partial charge in [-0.25, -0.2) is 22.4 Å². The molecule has 0 aliphatic carbocycles. The van der Waals surface area contributed by atoms with Crippen LogP contribution in [0.2, 0.25) is 5.02 Å². The monoisotopic (exact) mass is 699 g/mol. The Hall–Kier alpha value is -5.18. The second-order valence-electron chi connectivity index (χ2n) is 11.9. The number of nitrogens with one attached hydrogen (secondary N) is 2. The van der Waals surface area contributed by atoms with Crippen molar-refractivity contribution in [3.8, 4) is 11.1 Å². The van der Waals surface area contributed by atoms with Crippen LogP contribution in [0, 0.1) is 5.82 Å². The van der Waals surface area contributed by atoms with Crippen LogP contribution >= 0.6 is 11.6 Å². The number of benzene rings is 3. The molecule has 0 saturated carbocycles. The first-order valence-electron chi connectivity index (χ1n) is 15.3. The Bertz CT molecular complexity index is 1960. The Kier molecular flexibility index (Phi) is 9.20. The molecule has 256 valence electrons. The van der Waals surface area contributed by atoms with Crippen LogP contribution in [-0.2, 0) is 16.1 Å². The Morgan fingerprint density at radius 3 is 2.41 bits per heavy atom. The Morgan fingerprint density at radius 2 is 1.69 bits per heavy atom. The van der Waals surface area contributed by atoms with Gasteiger partial charge in [0.05, 0.1) is 17.7 Å². The Balaban J connectivity index is 1.19. The number of alkyl halides is 3. The highest BCUT2D eigenvalue weighted by molar-refractivity contribution is 6.33. The number of aromatic nitrogens is 2. The first-order chi connectivity index (χ1) is 23.3. The molecule has 49 heavy (non-hydrogen) atoms. The van der Waals surface area contributed by atoms with Crippen molar-refractivity contribution in [2.24, 2.45) is 5.73 Å². The maximum Gasteiger partial charge on any atom is 0.321 e. The zero-order valence-electron chi connectivity index (χ0n) is 25.8. The third-order valence-corrected chi connectivity index (χ3v) is 8.93. The van der Waals surface area contributed by atoms with Crippen molar-refractivity contribution in [2.75, 3.05) is 30.3 Å². The molecule has 5 amide bonds. The summed E-state index contributed by atoms with van der Waals surface area (Å²) in [6.45, 7) is -1.18. The van der Waals surface area contributed by atoms with E-state index in [2.05, 4.69) is 15.7 Å². The number of amides is 5. The quantitative estimate of drug-likeness (QED) is 0.221. The number of piperidine rings is 1. The van der Waals surface area contributed by atoms with E-state index in [1.807, 2.05) is 0 Å². The Labute approximate surface area is 282 Å². The molecule has 2 atom stereocenters. The van der Waals surface area contributed by atoms with Gasteiger partial charge >= 0.3 is 6.03 Å². The van der Waals surface area contributed by atoms with Crippen LogP contribution in [0.1, 0.15) is 29.8 Å². The average molecular weight is 700 g/mol. The molecule has 0 bridgehead atoms. The van der Waals surface area contributed by atoms with Crippen molar-refractivity contribution < 1.29 is 36.7 Å². The summed E-state index contributed by atoms with van der Waals surface area (Å²) in [6, 6.07) is 13.4. The van der Waals surface area contributed by atoms with E-state index < -0.39 is 73.6 Å². The van der Waals surface area contributed by atoms with Crippen LogP contribution < -0.4 is 16.4 Å². The second-order valence-corrected chi connectivity index (χ2v) is 12.3. The zero-order chi connectivity index (χ0) is 35.0. The van der Waals surface area contributed by atoms with Gasteiger partial charge in [0.15, 0.2) is 11.5 Å². The highest BCUT2D eigenvalue weighted by Gasteiger charge is 2.40. The number of fused-ring (bicyclic) bond motifs is 1. The minimum absolute atomic E-state index is 0.132.